The summed E-state index contributed by atoms with van der Waals surface area (Å²) in [5.41, 5.74) is 7.59. The first-order chi connectivity index (χ1) is 10.3. The second-order valence-corrected chi connectivity index (χ2v) is 6.17. The first-order valence-corrected chi connectivity index (χ1v) is 8.21. The van der Waals surface area contributed by atoms with Crippen molar-refractivity contribution in [1.82, 2.24) is 9.80 Å². The van der Waals surface area contributed by atoms with Gasteiger partial charge in [-0.3, -0.25) is 9.80 Å². The monoisotopic (exact) mass is 289 g/mol. The molecular formula is C17H27N3O. The summed E-state index contributed by atoms with van der Waals surface area (Å²) < 4.78 is 5.71. The Hall–Kier alpha value is -1.10. The molecule has 4 heteroatoms. The molecule has 0 aromatic heterocycles. The van der Waals surface area contributed by atoms with E-state index < -0.39 is 0 Å². The molecule has 1 aromatic rings. The molecule has 2 fully saturated rings. The van der Waals surface area contributed by atoms with Gasteiger partial charge in [0.15, 0.2) is 0 Å². The first-order valence-electron chi connectivity index (χ1n) is 8.21. The molecule has 21 heavy (non-hydrogen) atoms. The second-order valence-electron chi connectivity index (χ2n) is 6.17. The van der Waals surface area contributed by atoms with E-state index in [-0.39, 0.29) is 6.04 Å². The lowest BCUT2D eigenvalue weighted by molar-refractivity contribution is 0.0996. The number of nitrogens with zero attached hydrogens (tertiary/aromatic N) is 2. The summed E-state index contributed by atoms with van der Waals surface area (Å²) in [5.74, 6) is 0.937. The van der Waals surface area contributed by atoms with Crippen LogP contribution >= 0.6 is 0 Å². The topological polar surface area (TPSA) is 41.7 Å². The minimum Gasteiger partial charge on any atom is -0.494 e. The third-order valence-electron chi connectivity index (χ3n) is 4.74. The number of nitrogens with two attached hydrogens (primary N) is 1. The van der Waals surface area contributed by atoms with Crippen LogP contribution in [0.4, 0.5) is 0 Å². The molecule has 3 rings (SSSR count). The van der Waals surface area contributed by atoms with Gasteiger partial charge in [0.2, 0.25) is 0 Å². The van der Waals surface area contributed by atoms with Gasteiger partial charge in [0.25, 0.3) is 0 Å². The maximum atomic E-state index is 6.46. The highest BCUT2D eigenvalue weighted by atomic mass is 16.5. The number of rotatable bonds is 5. The Bertz CT molecular complexity index is 465. The standard InChI is InChI=1S/C17H27N3O/c1-2-21-17-8-4-3-7-15(17)16(18)13-19-10-11-20-9-5-6-14(20)12-19/h3-4,7-8,14,16H,2,5-6,9-13,18H2,1H3. The van der Waals surface area contributed by atoms with Gasteiger partial charge >= 0.3 is 0 Å². The Morgan fingerprint density at radius 3 is 3.00 bits per heavy atom. The summed E-state index contributed by atoms with van der Waals surface area (Å²) >= 11 is 0. The van der Waals surface area contributed by atoms with Gasteiger partial charge in [-0.2, -0.15) is 0 Å². The van der Waals surface area contributed by atoms with E-state index >= 15 is 0 Å². The van der Waals surface area contributed by atoms with Gasteiger partial charge < -0.3 is 10.5 Å². The number of ether oxygens (including phenoxy) is 1. The first kappa shape index (κ1) is 14.8. The highest BCUT2D eigenvalue weighted by Crippen LogP contribution is 2.26. The van der Waals surface area contributed by atoms with Crippen molar-refractivity contribution in [3.63, 3.8) is 0 Å². The molecule has 2 saturated heterocycles. The van der Waals surface area contributed by atoms with E-state index in [9.17, 15) is 0 Å². The number of benzene rings is 1. The average molecular weight is 289 g/mol. The molecule has 2 N–H and O–H groups in total. The van der Waals surface area contributed by atoms with E-state index in [0.29, 0.717) is 6.61 Å². The molecule has 0 spiro atoms. The Kier molecular flexibility index (Phi) is 4.78. The van der Waals surface area contributed by atoms with Crippen molar-refractivity contribution in [3.8, 4) is 5.75 Å². The Morgan fingerprint density at radius 2 is 2.14 bits per heavy atom. The van der Waals surface area contributed by atoms with Crippen molar-refractivity contribution in [1.29, 1.82) is 0 Å². The highest BCUT2D eigenvalue weighted by Gasteiger charge is 2.31. The number of hydrogen-bond donors (Lipinski definition) is 1. The third-order valence-corrected chi connectivity index (χ3v) is 4.74. The number of hydrogen-bond acceptors (Lipinski definition) is 4. The molecule has 0 bridgehead atoms. The molecular weight excluding hydrogens is 262 g/mol. The predicted octanol–water partition coefficient (Wildman–Crippen LogP) is 1.87. The molecule has 2 heterocycles. The fraction of sp³-hybridized carbons (Fsp3) is 0.647. The zero-order chi connectivity index (χ0) is 14.7. The van der Waals surface area contributed by atoms with Crippen LogP contribution in [0.1, 0.15) is 31.4 Å². The largest absolute Gasteiger partial charge is 0.494 e. The van der Waals surface area contributed by atoms with Crippen molar-refractivity contribution in [2.24, 2.45) is 5.73 Å². The third kappa shape index (κ3) is 3.39. The van der Waals surface area contributed by atoms with E-state index in [1.54, 1.807) is 0 Å². The van der Waals surface area contributed by atoms with Crippen molar-refractivity contribution in [2.45, 2.75) is 31.8 Å². The Labute approximate surface area is 127 Å². The Morgan fingerprint density at radius 1 is 1.29 bits per heavy atom. The predicted molar refractivity (Wildman–Crippen MR) is 85.6 cm³/mol. The van der Waals surface area contributed by atoms with Crippen LogP contribution in [0, 0.1) is 0 Å². The zero-order valence-electron chi connectivity index (χ0n) is 13.0. The maximum absolute atomic E-state index is 6.46. The van der Waals surface area contributed by atoms with Gasteiger partial charge in [0.05, 0.1) is 6.61 Å². The summed E-state index contributed by atoms with van der Waals surface area (Å²) in [7, 11) is 0. The van der Waals surface area contributed by atoms with Crippen molar-refractivity contribution in [2.75, 3.05) is 39.3 Å². The summed E-state index contributed by atoms with van der Waals surface area (Å²) in [6.07, 6.45) is 2.71. The highest BCUT2D eigenvalue weighted by molar-refractivity contribution is 5.36. The summed E-state index contributed by atoms with van der Waals surface area (Å²) in [6.45, 7) is 8.42. The molecule has 1 aromatic carbocycles. The van der Waals surface area contributed by atoms with Gasteiger partial charge in [0, 0.05) is 43.8 Å². The molecule has 0 saturated carbocycles. The molecule has 0 amide bonds. The smallest absolute Gasteiger partial charge is 0.124 e. The molecule has 2 unspecified atom stereocenters. The average Bonchev–Trinajstić information content (AvgIpc) is 2.95. The molecule has 2 atom stereocenters. The van der Waals surface area contributed by atoms with Crippen LogP contribution in [0.15, 0.2) is 24.3 Å². The molecule has 2 aliphatic rings. The minimum atomic E-state index is 0.0284. The number of piperazine rings is 1. The van der Waals surface area contributed by atoms with Gasteiger partial charge in [0.1, 0.15) is 5.75 Å². The molecule has 0 aliphatic carbocycles. The molecule has 4 nitrogen and oxygen atoms in total. The van der Waals surface area contributed by atoms with Crippen LogP contribution in [-0.2, 0) is 0 Å². The quantitative estimate of drug-likeness (QED) is 0.898. The molecule has 2 aliphatic heterocycles. The van der Waals surface area contributed by atoms with Crippen LogP contribution < -0.4 is 10.5 Å². The second kappa shape index (κ2) is 6.77. The SMILES string of the molecule is CCOc1ccccc1C(N)CN1CCN2CCCC2C1. The summed E-state index contributed by atoms with van der Waals surface area (Å²) in [4.78, 5) is 5.16. The number of para-hydroxylation sites is 1. The lowest BCUT2D eigenvalue weighted by Gasteiger charge is -2.38. The number of fused-ring (bicyclic) bond motifs is 1. The van der Waals surface area contributed by atoms with Crippen LogP contribution in [-0.4, -0.2) is 55.2 Å². The molecule has 0 radical (unpaired) electrons. The van der Waals surface area contributed by atoms with E-state index in [1.807, 2.05) is 25.1 Å². The van der Waals surface area contributed by atoms with Crippen LogP contribution in [0.25, 0.3) is 0 Å². The van der Waals surface area contributed by atoms with Gasteiger partial charge in [-0.1, -0.05) is 18.2 Å². The van der Waals surface area contributed by atoms with Crippen molar-refractivity contribution < 1.29 is 4.74 Å². The summed E-state index contributed by atoms with van der Waals surface area (Å²) in [6, 6.07) is 8.97. The van der Waals surface area contributed by atoms with E-state index in [0.717, 1.165) is 30.4 Å². The lowest BCUT2D eigenvalue weighted by atomic mass is 10.0. The fourth-order valence-electron chi connectivity index (χ4n) is 3.67. The van der Waals surface area contributed by atoms with E-state index in [1.165, 1.54) is 32.5 Å². The maximum Gasteiger partial charge on any atom is 0.124 e. The van der Waals surface area contributed by atoms with Crippen molar-refractivity contribution >= 4 is 0 Å². The van der Waals surface area contributed by atoms with E-state index in [2.05, 4.69) is 15.9 Å². The van der Waals surface area contributed by atoms with Gasteiger partial charge in [-0.15, -0.1) is 0 Å². The van der Waals surface area contributed by atoms with E-state index in [4.69, 9.17) is 10.5 Å². The van der Waals surface area contributed by atoms with Crippen LogP contribution in [0.3, 0.4) is 0 Å². The van der Waals surface area contributed by atoms with Gasteiger partial charge in [-0.05, 0) is 32.4 Å². The van der Waals surface area contributed by atoms with Crippen molar-refractivity contribution in [3.05, 3.63) is 29.8 Å². The molecule has 116 valence electrons. The fourth-order valence-corrected chi connectivity index (χ4v) is 3.67. The lowest BCUT2D eigenvalue weighted by Crippen LogP contribution is -2.51. The minimum absolute atomic E-state index is 0.0284. The summed E-state index contributed by atoms with van der Waals surface area (Å²) in [5, 5.41) is 0. The van der Waals surface area contributed by atoms with Gasteiger partial charge in [-0.25, -0.2) is 0 Å². The zero-order valence-corrected chi connectivity index (χ0v) is 13.0. The van der Waals surface area contributed by atoms with Crippen LogP contribution in [0.2, 0.25) is 0 Å². The Balaban J connectivity index is 1.62. The normalized spacial score (nSPS) is 24.8. The van der Waals surface area contributed by atoms with Crippen LogP contribution in [0.5, 0.6) is 5.75 Å².